The summed E-state index contributed by atoms with van der Waals surface area (Å²) in [6.07, 6.45) is 17.3. The second kappa shape index (κ2) is 12.5. The van der Waals surface area contributed by atoms with Crippen molar-refractivity contribution in [1.29, 1.82) is 0 Å². The van der Waals surface area contributed by atoms with Crippen molar-refractivity contribution in [2.24, 2.45) is 10.8 Å². The van der Waals surface area contributed by atoms with Crippen LogP contribution in [0.25, 0.3) is 0 Å². The predicted octanol–water partition coefficient (Wildman–Crippen LogP) is -0.583. The number of hydrogen-bond acceptors (Lipinski definition) is 0. The quantitative estimate of drug-likeness (QED) is 0.393. The second-order valence-electron chi connectivity index (χ2n) is 6.89. The summed E-state index contributed by atoms with van der Waals surface area (Å²) < 4.78 is 0. The summed E-state index contributed by atoms with van der Waals surface area (Å²) in [6, 6.07) is 0. The first kappa shape index (κ1) is 27.0. The minimum atomic E-state index is 0. The molecule has 0 spiro atoms. The molecule has 0 saturated carbocycles. The Balaban J connectivity index is -0.000000273. The fraction of sp³-hybridized carbons (Fsp3) is 0.526. The smallest absolute Gasteiger partial charge is 1.00 e. The summed E-state index contributed by atoms with van der Waals surface area (Å²) in [5.74, 6) is 0. The van der Waals surface area contributed by atoms with Crippen LogP contribution in [0.3, 0.4) is 0 Å². The van der Waals surface area contributed by atoms with Crippen molar-refractivity contribution in [3.05, 3.63) is 47.6 Å². The maximum Gasteiger partial charge on any atom is -1.00 e. The molecule has 2 aliphatic rings. The number of allylic oxidation sites excluding steroid dienone is 8. The van der Waals surface area contributed by atoms with Gasteiger partial charge in [-0.3, -0.25) is 12.2 Å². The molecule has 0 aliphatic heterocycles. The maximum atomic E-state index is 3.30. The standard InChI is InChI=1S/2C9H13.CH2.2ClH.Ti/c2*1-9(2,3)8-6-4-5-7-8;;;;/h2*4,6H,5H2,1-3H3;1H2;2*1H;/q2*-1;;;;+2/p-2. The maximum absolute atomic E-state index is 3.30. The van der Waals surface area contributed by atoms with Crippen molar-refractivity contribution in [3.63, 3.8) is 0 Å². The average Bonchev–Trinajstić information content (AvgIpc) is 3.04. The van der Waals surface area contributed by atoms with E-state index in [9.17, 15) is 0 Å². The van der Waals surface area contributed by atoms with E-state index in [4.69, 9.17) is 0 Å². The van der Waals surface area contributed by atoms with Crippen LogP contribution < -0.4 is 24.8 Å². The molecule has 0 heterocycles. The van der Waals surface area contributed by atoms with Gasteiger partial charge < -0.3 is 24.8 Å². The summed E-state index contributed by atoms with van der Waals surface area (Å²) >= 11 is 1.75. The van der Waals surface area contributed by atoms with Gasteiger partial charge in [0.15, 0.2) is 0 Å². The van der Waals surface area contributed by atoms with E-state index < -0.39 is 0 Å². The Bertz CT molecular complexity index is 376. The van der Waals surface area contributed by atoms with Crippen LogP contribution in [0.5, 0.6) is 0 Å². The molecule has 0 saturated heterocycles. The van der Waals surface area contributed by atoms with Gasteiger partial charge in [-0.05, 0) is 10.8 Å². The fourth-order valence-electron chi connectivity index (χ4n) is 1.84. The molecule has 0 fully saturated rings. The van der Waals surface area contributed by atoms with E-state index in [-0.39, 0.29) is 24.8 Å². The Morgan fingerprint density at radius 1 is 0.773 bits per heavy atom. The van der Waals surface area contributed by atoms with Gasteiger partial charge in [0.25, 0.3) is 0 Å². The van der Waals surface area contributed by atoms with Crippen LogP contribution in [0.4, 0.5) is 0 Å². The predicted molar refractivity (Wildman–Crippen MR) is 87.1 cm³/mol. The molecule has 0 nitrogen and oxygen atoms in total. The van der Waals surface area contributed by atoms with Gasteiger partial charge in [0.1, 0.15) is 0 Å². The van der Waals surface area contributed by atoms with Crippen LogP contribution >= 0.6 is 0 Å². The van der Waals surface area contributed by atoms with Crippen molar-refractivity contribution in [2.75, 3.05) is 0 Å². The Labute approximate surface area is 162 Å². The number of halogens is 2. The van der Waals surface area contributed by atoms with Crippen molar-refractivity contribution >= 4 is 4.82 Å². The molecule has 0 aromatic rings. The van der Waals surface area contributed by atoms with E-state index in [1.165, 1.54) is 11.1 Å². The van der Waals surface area contributed by atoms with Gasteiger partial charge in [-0.1, -0.05) is 41.5 Å². The number of rotatable bonds is 0. The van der Waals surface area contributed by atoms with Crippen LogP contribution in [-0.4, -0.2) is 4.82 Å². The molecule has 124 valence electrons. The van der Waals surface area contributed by atoms with E-state index in [1.807, 2.05) is 0 Å². The van der Waals surface area contributed by atoms with Crippen LogP contribution in [0.1, 0.15) is 54.4 Å². The van der Waals surface area contributed by atoms with Gasteiger partial charge in [0.05, 0.1) is 0 Å². The van der Waals surface area contributed by atoms with Crippen LogP contribution in [0.2, 0.25) is 0 Å². The first-order valence-corrected chi connectivity index (χ1v) is 8.23. The zero-order valence-electron chi connectivity index (χ0n) is 14.7. The zero-order valence-corrected chi connectivity index (χ0v) is 17.8. The summed E-state index contributed by atoms with van der Waals surface area (Å²) in [4.78, 5) is 3.25. The summed E-state index contributed by atoms with van der Waals surface area (Å²) in [6.45, 7) is 13.3. The van der Waals surface area contributed by atoms with E-state index in [0.717, 1.165) is 12.8 Å². The first-order valence-electron chi connectivity index (χ1n) is 7.12. The molecular weight excluding hydrogens is 347 g/mol. The fourth-order valence-corrected chi connectivity index (χ4v) is 1.84. The van der Waals surface area contributed by atoms with Crippen molar-refractivity contribution in [2.45, 2.75) is 54.4 Å². The molecule has 3 heteroatoms. The van der Waals surface area contributed by atoms with Gasteiger partial charge in [0, 0.05) is 0 Å². The molecule has 0 N–H and O–H groups in total. The third-order valence-electron chi connectivity index (χ3n) is 3.01. The Morgan fingerprint density at radius 3 is 1.14 bits per heavy atom. The first-order chi connectivity index (χ1) is 9.21. The summed E-state index contributed by atoms with van der Waals surface area (Å²) in [7, 11) is 0. The zero-order chi connectivity index (χ0) is 15.8. The molecule has 0 atom stereocenters. The van der Waals surface area contributed by atoms with Crippen LogP contribution in [0, 0.1) is 23.0 Å². The average molecular weight is 375 g/mol. The van der Waals surface area contributed by atoms with Gasteiger partial charge in [-0.15, -0.1) is 12.8 Å². The third kappa shape index (κ3) is 10.8. The van der Waals surface area contributed by atoms with E-state index >= 15 is 0 Å². The Hall–Kier alpha value is 0.124. The minimum absolute atomic E-state index is 0. The molecule has 0 aromatic heterocycles. The topological polar surface area (TPSA) is 0 Å². The monoisotopic (exact) mass is 374 g/mol. The van der Waals surface area contributed by atoms with Gasteiger partial charge in [0.2, 0.25) is 0 Å². The van der Waals surface area contributed by atoms with Crippen molar-refractivity contribution < 1.29 is 44.8 Å². The SMILES string of the molecule is CC(C)(C)C1=[C-]CC=C1.CC(C)(C)C1=[C-]CC=C1.[CH2]=[Ti+2].[Cl-].[Cl-]. The van der Waals surface area contributed by atoms with Crippen molar-refractivity contribution in [3.8, 4) is 0 Å². The molecule has 0 aromatic carbocycles. The molecule has 22 heavy (non-hydrogen) atoms. The molecule has 0 unspecified atom stereocenters. The Morgan fingerprint density at radius 2 is 1.05 bits per heavy atom. The van der Waals surface area contributed by atoms with E-state index in [2.05, 4.69) is 82.8 Å². The minimum Gasteiger partial charge on any atom is -1.00 e. The third-order valence-corrected chi connectivity index (χ3v) is 3.01. The Kier molecular flexibility index (Phi) is 15.4. The largest absolute Gasteiger partial charge is 1.00 e. The summed E-state index contributed by atoms with van der Waals surface area (Å²) in [5.41, 5.74) is 3.30. The molecule has 0 bridgehead atoms. The normalized spacial score (nSPS) is 15.3. The van der Waals surface area contributed by atoms with E-state index in [1.54, 1.807) is 20.0 Å². The van der Waals surface area contributed by atoms with Crippen molar-refractivity contribution in [1.82, 2.24) is 0 Å². The number of hydrogen-bond donors (Lipinski definition) is 0. The molecule has 0 amide bonds. The van der Waals surface area contributed by atoms with Gasteiger partial charge >= 0.3 is 24.8 Å². The molecule has 0 radical (unpaired) electrons. The molecule has 2 rings (SSSR count). The summed E-state index contributed by atoms with van der Waals surface area (Å²) in [5, 5.41) is 0. The van der Waals surface area contributed by atoms with Gasteiger partial charge in [-0.2, -0.15) is 12.2 Å². The second-order valence-corrected chi connectivity index (χ2v) is 6.89. The van der Waals surface area contributed by atoms with Crippen LogP contribution in [-0.2, 0) is 20.0 Å². The van der Waals surface area contributed by atoms with E-state index in [0.29, 0.717) is 10.8 Å². The van der Waals surface area contributed by atoms with Crippen LogP contribution in [0.15, 0.2) is 35.5 Å². The molecule has 2 aliphatic carbocycles. The molecular formula is C19H28Cl2Ti-2. The van der Waals surface area contributed by atoms with Gasteiger partial charge in [-0.25, -0.2) is 23.3 Å².